The summed E-state index contributed by atoms with van der Waals surface area (Å²) in [5.74, 6) is 0.199. The van der Waals surface area contributed by atoms with E-state index in [1.54, 1.807) is 34.2 Å². The number of anilines is 1. The molecule has 1 N–H and O–H groups in total. The van der Waals surface area contributed by atoms with Gasteiger partial charge in [-0.2, -0.15) is 0 Å². The van der Waals surface area contributed by atoms with Gasteiger partial charge in [0.05, 0.1) is 17.8 Å². The van der Waals surface area contributed by atoms with Crippen LogP contribution in [0.5, 0.6) is 5.75 Å². The van der Waals surface area contributed by atoms with Crippen LogP contribution in [0.4, 0.5) is 5.13 Å². The number of amides is 2. The summed E-state index contributed by atoms with van der Waals surface area (Å²) in [5, 5.41) is 4.29. The van der Waals surface area contributed by atoms with E-state index >= 15 is 0 Å². The first kappa shape index (κ1) is 18.6. The molecule has 0 aliphatic heterocycles. The molecule has 3 aromatic rings. The Balaban J connectivity index is 1.89. The van der Waals surface area contributed by atoms with E-state index in [-0.39, 0.29) is 11.8 Å². The van der Waals surface area contributed by atoms with Gasteiger partial charge in [-0.25, -0.2) is 4.98 Å². The van der Waals surface area contributed by atoms with Crippen molar-refractivity contribution in [1.82, 2.24) is 9.88 Å². The summed E-state index contributed by atoms with van der Waals surface area (Å²) in [6.45, 7) is 1.74. The molecule has 0 atom stereocenters. The summed E-state index contributed by atoms with van der Waals surface area (Å²) in [6, 6.07) is 5.46. The average Bonchev–Trinajstić information content (AvgIpc) is 3.13. The Bertz CT molecular complexity index is 1010. The summed E-state index contributed by atoms with van der Waals surface area (Å²) >= 11 is 8.80. The number of rotatable bonds is 4. The van der Waals surface area contributed by atoms with Gasteiger partial charge in [-0.1, -0.05) is 22.9 Å². The molecule has 0 saturated heterocycles. The molecule has 3 rings (SSSR count). The molecular formula is C17H16ClN3O3S2. The zero-order chi connectivity index (χ0) is 19.0. The fourth-order valence-corrected chi connectivity index (χ4v) is 4.75. The van der Waals surface area contributed by atoms with E-state index < -0.39 is 0 Å². The van der Waals surface area contributed by atoms with Gasteiger partial charge in [0, 0.05) is 24.2 Å². The van der Waals surface area contributed by atoms with Crippen LogP contribution in [0.2, 0.25) is 5.02 Å². The summed E-state index contributed by atoms with van der Waals surface area (Å²) < 4.78 is 6.06. The number of carbonyl (C=O) groups excluding carboxylic acids is 2. The third-order valence-corrected chi connectivity index (χ3v) is 6.38. The number of aromatic nitrogens is 1. The van der Waals surface area contributed by atoms with Gasteiger partial charge < -0.3 is 9.64 Å². The fourth-order valence-electron chi connectivity index (χ4n) is 2.32. The molecular weight excluding hydrogens is 394 g/mol. The van der Waals surface area contributed by atoms with Crippen LogP contribution in [0.3, 0.4) is 0 Å². The molecule has 0 radical (unpaired) electrons. The lowest BCUT2D eigenvalue weighted by Crippen LogP contribution is -2.21. The van der Waals surface area contributed by atoms with Crippen LogP contribution in [0.25, 0.3) is 10.1 Å². The van der Waals surface area contributed by atoms with Gasteiger partial charge >= 0.3 is 0 Å². The zero-order valence-electron chi connectivity index (χ0n) is 14.5. The predicted octanol–water partition coefficient (Wildman–Crippen LogP) is 4.28. The summed E-state index contributed by atoms with van der Waals surface area (Å²) in [7, 11) is 4.93. The van der Waals surface area contributed by atoms with E-state index in [4.69, 9.17) is 16.3 Å². The normalized spacial score (nSPS) is 10.8. The highest BCUT2D eigenvalue weighted by Gasteiger charge is 2.21. The highest BCUT2D eigenvalue weighted by Crippen LogP contribution is 2.37. The molecule has 2 heterocycles. The first-order valence-corrected chi connectivity index (χ1v) is 9.59. The molecule has 0 aliphatic rings. The van der Waals surface area contributed by atoms with E-state index in [2.05, 4.69) is 10.3 Å². The minimum absolute atomic E-state index is 0.146. The maximum atomic E-state index is 12.6. The molecule has 6 nitrogen and oxygen atoms in total. The number of thiazole rings is 1. The number of thiophene rings is 1. The van der Waals surface area contributed by atoms with Crippen molar-refractivity contribution < 1.29 is 14.3 Å². The topological polar surface area (TPSA) is 71.5 Å². The van der Waals surface area contributed by atoms with E-state index in [0.717, 1.165) is 21.4 Å². The van der Waals surface area contributed by atoms with Crippen molar-refractivity contribution in [2.45, 2.75) is 6.92 Å². The highest BCUT2D eigenvalue weighted by molar-refractivity contribution is 7.22. The lowest BCUT2D eigenvalue weighted by Gasteiger charge is -2.07. The maximum Gasteiger partial charge on any atom is 0.269 e. The number of nitrogens with zero attached hydrogens (tertiary/aromatic N) is 2. The van der Waals surface area contributed by atoms with Crippen LogP contribution in [0, 0.1) is 6.92 Å². The van der Waals surface area contributed by atoms with Gasteiger partial charge in [-0.3, -0.25) is 14.9 Å². The standard InChI is InChI=1S/C17H16ClN3O3S2/c1-8-13(16(23)21(2)3)26-17(19-8)20-15(22)14-12(18)10-6-5-9(24-4)7-11(10)25-14/h5-7H,1-4H3,(H,19,20,22). The lowest BCUT2D eigenvalue weighted by atomic mass is 10.2. The minimum atomic E-state index is -0.354. The molecule has 26 heavy (non-hydrogen) atoms. The number of nitrogens with one attached hydrogen (secondary N) is 1. The number of halogens is 1. The Hall–Kier alpha value is -2.16. The molecule has 0 saturated carbocycles. The largest absolute Gasteiger partial charge is 0.497 e. The van der Waals surface area contributed by atoms with Crippen molar-refractivity contribution in [1.29, 1.82) is 0 Å². The molecule has 0 spiro atoms. The van der Waals surface area contributed by atoms with E-state index in [1.807, 2.05) is 12.1 Å². The zero-order valence-corrected chi connectivity index (χ0v) is 16.9. The van der Waals surface area contributed by atoms with E-state index in [9.17, 15) is 9.59 Å². The van der Waals surface area contributed by atoms with Gasteiger partial charge in [0.2, 0.25) is 0 Å². The third kappa shape index (κ3) is 3.40. The Labute approximate surface area is 163 Å². The maximum absolute atomic E-state index is 12.6. The second kappa shape index (κ2) is 7.22. The summed E-state index contributed by atoms with van der Waals surface area (Å²) in [5.41, 5.74) is 0.580. The molecule has 0 bridgehead atoms. The second-order valence-electron chi connectivity index (χ2n) is 5.69. The van der Waals surface area contributed by atoms with E-state index in [0.29, 0.717) is 31.4 Å². The van der Waals surface area contributed by atoms with Crippen molar-refractivity contribution in [3.63, 3.8) is 0 Å². The highest BCUT2D eigenvalue weighted by atomic mass is 35.5. The predicted molar refractivity (Wildman–Crippen MR) is 106 cm³/mol. The number of methoxy groups -OCH3 is 1. The van der Waals surface area contributed by atoms with Gasteiger partial charge in [0.25, 0.3) is 11.8 Å². The molecule has 0 fully saturated rings. The van der Waals surface area contributed by atoms with Gasteiger partial charge in [0.1, 0.15) is 15.5 Å². The Morgan fingerprint density at radius 2 is 1.96 bits per heavy atom. The van der Waals surface area contributed by atoms with Crippen LogP contribution in [-0.2, 0) is 0 Å². The van der Waals surface area contributed by atoms with Crippen molar-refractivity contribution in [2.75, 3.05) is 26.5 Å². The molecule has 9 heteroatoms. The van der Waals surface area contributed by atoms with Crippen molar-refractivity contribution in [2.24, 2.45) is 0 Å². The average molecular weight is 410 g/mol. The van der Waals surface area contributed by atoms with Crippen LogP contribution >= 0.6 is 34.3 Å². The van der Waals surface area contributed by atoms with Crippen molar-refractivity contribution in [3.8, 4) is 5.75 Å². The van der Waals surface area contributed by atoms with Gasteiger partial charge in [-0.05, 0) is 25.1 Å². The Morgan fingerprint density at radius 3 is 2.62 bits per heavy atom. The van der Waals surface area contributed by atoms with Crippen molar-refractivity contribution >= 4 is 61.3 Å². The third-order valence-electron chi connectivity index (χ3n) is 3.66. The molecule has 2 aromatic heterocycles. The first-order chi connectivity index (χ1) is 12.3. The molecule has 0 aliphatic carbocycles. The van der Waals surface area contributed by atoms with Crippen molar-refractivity contribution in [3.05, 3.63) is 38.7 Å². The number of hydrogen-bond acceptors (Lipinski definition) is 6. The quantitative estimate of drug-likeness (QED) is 0.698. The van der Waals surface area contributed by atoms with Crippen LogP contribution in [0.1, 0.15) is 25.0 Å². The fraction of sp³-hybridized carbons (Fsp3) is 0.235. The lowest BCUT2D eigenvalue weighted by molar-refractivity contribution is 0.0831. The molecule has 136 valence electrons. The Morgan fingerprint density at radius 1 is 1.23 bits per heavy atom. The monoisotopic (exact) mass is 409 g/mol. The number of ether oxygens (including phenoxy) is 1. The first-order valence-electron chi connectivity index (χ1n) is 7.58. The number of fused-ring (bicyclic) bond motifs is 1. The molecule has 2 amide bonds. The number of hydrogen-bond donors (Lipinski definition) is 1. The van der Waals surface area contributed by atoms with Gasteiger partial charge in [0.15, 0.2) is 5.13 Å². The Kier molecular flexibility index (Phi) is 5.17. The summed E-state index contributed by atoms with van der Waals surface area (Å²) in [6.07, 6.45) is 0. The summed E-state index contributed by atoms with van der Waals surface area (Å²) in [4.78, 5) is 31.4. The number of carbonyl (C=O) groups is 2. The smallest absolute Gasteiger partial charge is 0.269 e. The minimum Gasteiger partial charge on any atom is -0.497 e. The number of benzene rings is 1. The second-order valence-corrected chi connectivity index (χ2v) is 8.12. The molecule has 0 unspecified atom stereocenters. The number of aryl methyl sites for hydroxylation is 1. The van der Waals surface area contributed by atoms with Crippen LogP contribution in [-0.4, -0.2) is 42.9 Å². The van der Waals surface area contributed by atoms with Gasteiger partial charge in [-0.15, -0.1) is 11.3 Å². The van der Waals surface area contributed by atoms with Crippen LogP contribution < -0.4 is 10.1 Å². The van der Waals surface area contributed by atoms with E-state index in [1.165, 1.54) is 16.2 Å². The molecule has 1 aromatic carbocycles. The SMILES string of the molecule is COc1ccc2c(Cl)c(C(=O)Nc3nc(C)c(C(=O)N(C)C)s3)sc2c1. The van der Waals surface area contributed by atoms with Crippen LogP contribution in [0.15, 0.2) is 18.2 Å².